The summed E-state index contributed by atoms with van der Waals surface area (Å²) in [5.74, 6) is 5.12. The van der Waals surface area contributed by atoms with Gasteiger partial charge in [-0.15, -0.1) is 0 Å². The summed E-state index contributed by atoms with van der Waals surface area (Å²) in [6.07, 6.45) is 0. The second-order valence-corrected chi connectivity index (χ2v) is 4.64. The predicted octanol–water partition coefficient (Wildman–Crippen LogP) is 1.92. The van der Waals surface area contributed by atoms with Gasteiger partial charge in [0.2, 0.25) is 0 Å². The molecule has 1 rings (SSSR count). The molecule has 0 spiro atoms. The molecular formula is C12H20N2O. The van der Waals surface area contributed by atoms with E-state index in [9.17, 15) is 0 Å². The Labute approximate surface area is 91.8 Å². The van der Waals surface area contributed by atoms with E-state index < -0.39 is 0 Å². The van der Waals surface area contributed by atoms with E-state index in [1.807, 2.05) is 14.1 Å². The van der Waals surface area contributed by atoms with E-state index in [4.69, 9.17) is 10.7 Å². The zero-order chi connectivity index (χ0) is 11.5. The molecule has 15 heavy (non-hydrogen) atoms. The number of nitrogens with two attached hydrogens (primary N) is 1. The first-order valence-corrected chi connectivity index (χ1v) is 5.07. The van der Waals surface area contributed by atoms with Gasteiger partial charge in [0.05, 0.1) is 6.61 Å². The third-order valence-electron chi connectivity index (χ3n) is 2.61. The van der Waals surface area contributed by atoms with Gasteiger partial charge >= 0.3 is 0 Å². The molecule has 0 aliphatic heterocycles. The summed E-state index contributed by atoms with van der Waals surface area (Å²) in [4.78, 5) is 6.81. The Kier molecular flexibility index (Phi) is 3.72. The van der Waals surface area contributed by atoms with Gasteiger partial charge in [0.15, 0.2) is 0 Å². The Morgan fingerprint density at radius 1 is 1.20 bits per heavy atom. The summed E-state index contributed by atoms with van der Waals surface area (Å²) in [5, 5.41) is 0. The topological polar surface area (TPSA) is 38.5 Å². The van der Waals surface area contributed by atoms with Gasteiger partial charge in [-0.2, -0.15) is 0 Å². The first-order valence-electron chi connectivity index (χ1n) is 5.07. The highest BCUT2D eigenvalue weighted by Crippen LogP contribution is 2.25. The van der Waals surface area contributed by atoms with Crippen molar-refractivity contribution < 1.29 is 4.84 Å². The molecule has 2 N–H and O–H groups in total. The van der Waals surface area contributed by atoms with E-state index in [2.05, 4.69) is 43.0 Å². The Hall–Kier alpha value is -1.06. The summed E-state index contributed by atoms with van der Waals surface area (Å²) >= 11 is 0. The van der Waals surface area contributed by atoms with Crippen LogP contribution >= 0.6 is 0 Å². The molecule has 0 amide bonds. The molecule has 1 aromatic carbocycles. The molecule has 84 valence electrons. The minimum absolute atomic E-state index is 0.0421. The average Bonchev–Trinajstić information content (AvgIpc) is 2.18. The average molecular weight is 208 g/mol. The number of hydrogen-bond donors (Lipinski definition) is 1. The molecule has 1 aromatic rings. The third-order valence-corrected chi connectivity index (χ3v) is 2.61. The highest BCUT2D eigenvalue weighted by Gasteiger charge is 2.20. The summed E-state index contributed by atoms with van der Waals surface area (Å²) < 4.78 is 0. The maximum atomic E-state index is 5.12. The number of nitrogens with zero attached hydrogens (tertiary/aromatic N) is 1. The van der Waals surface area contributed by atoms with Crippen molar-refractivity contribution >= 4 is 5.69 Å². The highest BCUT2D eigenvalue weighted by molar-refractivity contribution is 5.47. The van der Waals surface area contributed by atoms with Crippen LogP contribution in [0.15, 0.2) is 24.3 Å². The van der Waals surface area contributed by atoms with Gasteiger partial charge < -0.3 is 9.74 Å². The van der Waals surface area contributed by atoms with Crippen LogP contribution in [0.1, 0.15) is 19.4 Å². The van der Waals surface area contributed by atoms with Crippen molar-refractivity contribution in [1.82, 2.24) is 0 Å². The van der Waals surface area contributed by atoms with Crippen LogP contribution in [0, 0.1) is 0 Å². The van der Waals surface area contributed by atoms with Gasteiger partial charge in [0.1, 0.15) is 0 Å². The number of anilines is 1. The zero-order valence-corrected chi connectivity index (χ0v) is 9.95. The fourth-order valence-electron chi connectivity index (χ4n) is 1.50. The molecule has 0 radical (unpaired) electrons. The van der Waals surface area contributed by atoms with Crippen molar-refractivity contribution in [3.8, 4) is 0 Å². The number of rotatable bonds is 4. The van der Waals surface area contributed by atoms with Crippen LogP contribution in [0.25, 0.3) is 0 Å². The van der Waals surface area contributed by atoms with E-state index in [1.165, 1.54) is 11.3 Å². The van der Waals surface area contributed by atoms with E-state index in [0.29, 0.717) is 6.61 Å². The van der Waals surface area contributed by atoms with Crippen LogP contribution in [0.3, 0.4) is 0 Å². The molecule has 0 unspecified atom stereocenters. The molecule has 3 nitrogen and oxygen atoms in total. The smallest absolute Gasteiger partial charge is 0.0770 e. The minimum Gasteiger partial charge on any atom is -0.378 e. The maximum Gasteiger partial charge on any atom is 0.0770 e. The third kappa shape index (κ3) is 2.94. The van der Waals surface area contributed by atoms with Crippen LogP contribution < -0.4 is 10.8 Å². The molecule has 3 heteroatoms. The Morgan fingerprint density at radius 2 is 1.73 bits per heavy atom. The first-order chi connectivity index (χ1) is 6.97. The standard InChI is InChI=1S/C12H20N2O/c1-12(2,9-15-13)10-5-7-11(8-6-10)14(3)4/h5-8H,9,13H2,1-4H3. The summed E-state index contributed by atoms with van der Waals surface area (Å²) in [5.41, 5.74) is 2.39. The fraction of sp³-hybridized carbons (Fsp3) is 0.500. The molecule has 0 bridgehead atoms. The molecule has 0 heterocycles. The lowest BCUT2D eigenvalue weighted by Crippen LogP contribution is -2.26. The van der Waals surface area contributed by atoms with E-state index in [-0.39, 0.29) is 5.41 Å². The lowest BCUT2D eigenvalue weighted by Gasteiger charge is -2.24. The second-order valence-electron chi connectivity index (χ2n) is 4.64. The van der Waals surface area contributed by atoms with Crippen LogP contribution in [0.5, 0.6) is 0 Å². The molecule has 0 aromatic heterocycles. The number of benzene rings is 1. The van der Waals surface area contributed by atoms with Crippen molar-refractivity contribution in [3.05, 3.63) is 29.8 Å². The van der Waals surface area contributed by atoms with Gasteiger partial charge in [-0.05, 0) is 17.7 Å². The molecule has 0 aliphatic rings. The minimum atomic E-state index is -0.0421. The van der Waals surface area contributed by atoms with Crippen molar-refractivity contribution in [2.75, 3.05) is 25.6 Å². The fourth-order valence-corrected chi connectivity index (χ4v) is 1.50. The summed E-state index contributed by atoms with van der Waals surface area (Å²) in [7, 11) is 4.06. The molecule has 0 fully saturated rings. The maximum absolute atomic E-state index is 5.12. The van der Waals surface area contributed by atoms with Gasteiger partial charge in [0.25, 0.3) is 0 Å². The van der Waals surface area contributed by atoms with Crippen molar-refractivity contribution in [2.24, 2.45) is 5.90 Å². The normalized spacial score (nSPS) is 11.5. The SMILES string of the molecule is CN(C)c1ccc(C(C)(C)CON)cc1. The largest absolute Gasteiger partial charge is 0.378 e. The first kappa shape index (κ1) is 12.0. The van der Waals surface area contributed by atoms with E-state index >= 15 is 0 Å². The van der Waals surface area contributed by atoms with Crippen molar-refractivity contribution in [1.29, 1.82) is 0 Å². The predicted molar refractivity (Wildman–Crippen MR) is 63.9 cm³/mol. The Bertz CT molecular complexity index is 304. The summed E-state index contributed by atoms with van der Waals surface area (Å²) in [6.45, 7) is 4.75. The van der Waals surface area contributed by atoms with E-state index in [1.54, 1.807) is 0 Å². The van der Waals surface area contributed by atoms with Gasteiger partial charge in [-0.25, -0.2) is 5.90 Å². The van der Waals surface area contributed by atoms with Gasteiger partial charge in [0, 0.05) is 25.2 Å². The second kappa shape index (κ2) is 4.64. The molecular weight excluding hydrogens is 188 g/mol. The van der Waals surface area contributed by atoms with Crippen molar-refractivity contribution in [2.45, 2.75) is 19.3 Å². The van der Waals surface area contributed by atoms with Crippen LogP contribution in [-0.2, 0) is 10.3 Å². The van der Waals surface area contributed by atoms with Crippen LogP contribution in [0.2, 0.25) is 0 Å². The lowest BCUT2D eigenvalue weighted by atomic mass is 9.85. The Balaban J connectivity index is 2.88. The quantitative estimate of drug-likeness (QED) is 0.768. The van der Waals surface area contributed by atoms with Crippen molar-refractivity contribution in [3.63, 3.8) is 0 Å². The van der Waals surface area contributed by atoms with Crippen LogP contribution in [0.4, 0.5) is 5.69 Å². The van der Waals surface area contributed by atoms with Crippen LogP contribution in [-0.4, -0.2) is 20.7 Å². The lowest BCUT2D eigenvalue weighted by molar-refractivity contribution is 0.0964. The zero-order valence-electron chi connectivity index (χ0n) is 9.95. The monoisotopic (exact) mass is 208 g/mol. The molecule has 0 aliphatic carbocycles. The van der Waals surface area contributed by atoms with Gasteiger partial charge in [-0.3, -0.25) is 0 Å². The molecule has 0 saturated carbocycles. The summed E-state index contributed by atoms with van der Waals surface area (Å²) in [6, 6.07) is 8.45. The van der Waals surface area contributed by atoms with Gasteiger partial charge in [-0.1, -0.05) is 26.0 Å². The highest BCUT2D eigenvalue weighted by atomic mass is 16.6. The molecule has 0 saturated heterocycles. The Morgan fingerprint density at radius 3 is 2.13 bits per heavy atom. The number of hydrogen-bond acceptors (Lipinski definition) is 3. The molecule has 0 atom stereocenters. The van der Waals surface area contributed by atoms with E-state index in [0.717, 1.165) is 0 Å².